The summed E-state index contributed by atoms with van der Waals surface area (Å²) in [6.45, 7) is 0.248. The predicted molar refractivity (Wildman–Crippen MR) is 67.2 cm³/mol. The molecule has 0 amide bonds. The molecule has 4 heteroatoms. The van der Waals surface area contributed by atoms with E-state index in [1.54, 1.807) is 0 Å². The summed E-state index contributed by atoms with van der Waals surface area (Å²) < 4.78 is 19.0. The smallest absolute Gasteiger partial charge is 0.185 e. The van der Waals surface area contributed by atoms with Crippen molar-refractivity contribution in [2.24, 2.45) is 0 Å². The normalized spacial score (nSPS) is 10.3. The van der Waals surface area contributed by atoms with E-state index in [0.29, 0.717) is 0 Å². The topological polar surface area (TPSA) is 9.23 Å². The Labute approximate surface area is 109 Å². The minimum absolute atomic E-state index is 0.00235. The third-order valence-corrected chi connectivity index (χ3v) is 2.82. The van der Waals surface area contributed by atoms with Gasteiger partial charge in [-0.05, 0) is 17.7 Å². The Hall–Kier alpha value is -1.25. The number of rotatable bonds is 3. The minimum Gasteiger partial charge on any atom is -0.484 e. The predicted octanol–water partition coefficient (Wildman–Crippen LogP) is 4.71. The van der Waals surface area contributed by atoms with Gasteiger partial charge in [0.2, 0.25) is 0 Å². The van der Waals surface area contributed by atoms with Crippen LogP contribution in [-0.2, 0) is 6.61 Å². The van der Waals surface area contributed by atoms with E-state index in [1.165, 1.54) is 12.1 Å². The molecule has 88 valence electrons. The number of benzene rings is 2. The van der Waals surface area contributed by atoms with Gasteiger partial charge in [0, 0.05) is 0 Å². The molecule has 17 heavy (non-hydrogen) atoms. The molecular formula is C13H9Cl2FO. The van der Waals surface area contributed by atoms with E-state index in [2.05, 4.69) is 0 Å². The van der Waals surface area contributed by atoms with E-state index in [-0.39, 0.29) is 22.4 Å². The Morgan fingerprint density at radius 1 is 0.941 bits per heavy atom. The third kappa shape index (κ3) is 2.90. The summed E-state index contributed by atoms with van der Waals surface area (Å²) in [5, 5.41) is 0.209. The molecule has 0 bridgehead atoms. The Morgan fingerprint density at radius 3 is 2.29 bits per heavy atom. The average molecular weight is 271 g/mol. The van der Waals surface area contributed by atoms with E-state index in [9.17, 15) is 4.39 Å². The van der Waals surface area contributed by atoms with Crippen molar-refractivity contribution in [3.63, 3.8) is 0 Å². The van der Waals surface area contributed by atoms with Crippen molar-refractivity contribution < 1.29 is 9.13 Å². The van der Waals surface area contributed by atoms with Crippen molar-refractivity contribution in [3.05, 3.63) is 63.9 Å². The summed E-state index contributed by atoms with van der Waals surface area (Å²) in [6.07, 6.45) is 0. The SMILES string of the molecule is Fc1c(Cl)ccc(Cl)c1OCc1ccccc1. The lowest BCUT2D eigenvalue weighted by Gasteiger charge is -2.09. The van der Waals surface area contributed by atoms with Crippen LogP contribution in [0.25, 0.3) is 0 Å². The Kier molecular flexibility index (Phi) is 3.87. The van der Waals surface area contributed by atoms with Crippen LogP contribution in [0.3, 0.4) is 0 Å². The van der Waals surface area contributed by atoms with Gasteiger partial charge in [0.15, 0.2) is 11.6 Å². The molecule has 0 N–H and O–H groups in total. The van der Waals surface area contributed by atoms with Crippen LogP contribution in [0.5, 0.6) is 5.75 Å². The van der Waals surface area contributed by atoms with Gasteiger partial charge in [0.1, 0.15) is 6.61 Å². The first kappa shape index (κ1) is 12.2. The summed E-state index contributed by atoms with van der Waals surface area (Å²) >= 11 is 11.5. The maximum atomic E-state index is 13.6. The van der Waals surface area contributed by atoms with Crippen LogP contribution in [0.15, 0.2) is 42.5 Å². The standard InChI is InChI=1S/C13H9Cl2FO/c14-10-6-7-11(15)13(12(10)16)17-8-9-4-2-1-3-5-9/h1-7H,8H2. The second-order valence-corrected chi connectivity index (χ2v) is 4.26. The molecule has 0 unspecified atom stereocenters. The molecule has 0 saturated carbocycles. The van der Waals surface area contributed by atoms with Gasteiger partial charge in [-0.2, -0.15) is 0 Å². The third-order valence-electron chi connectivity index (χ3n) is 2.23. The maximum absolute atomic E-state index is 13.6. The van der Waals surface area contributed by atoms with Crippen molar-refractivity contribution in [1.29, 1.82) is 0 Å². The lowest BCUT2D eigenvalue weighted by Crippen LogP contribution is -1.98. The Balaban J connectivity index is 2.17. The second-order valence-electron chi connectivity index (χ2n) is 3.45. The van der Waals surface area contributed by atoms with E-state index in [0.717, 1.165) is 5.56 Å². The average Bonchev–Trinajstić information content (AvgIpc) is 2.35. The van der Waals surface area contributed by atoms with Crippen LogP contribution in [0.2, 0.25) is 10.0 Å². The number of halogens is 3. The fourth-order valence-corrected chi connectivity index (χ4v) is 1.72. The molecule has 2 aromatic carbocycles. The fourth-order valence-electron chi connectivity index (χ4n) is 1.37. The van der Waals surface area contributed by atoms with Crippen LogP contribution >= 0.6 is 23.2 Å². The number of hydrogen-bond acceptors (Lipinski definition) is 1. The summed E-state index contributed by atoms with van der Waals surface area (Å²) in [6, 6.07) is 12.3. The highest BCUT2D eigenvalue weighted by Crippen LogP contribution is 2.32. The largest absolute Gasteiger partial charge is 0.484 e. The van der Waals surface area contributed by atoms with E-state index >= 15 is 0 Å². The van der Waals surface area contributed by atoms with Crippen molar-refractivity contribution in [3.8, 4) is 5.75 Å². The van der Waals surface area contributed by atoms with Gasteiger partial charge in [0.25, 0.3) is 0 Å². The molecule has 0 atom stereocenters. The van der Waals surface area contributed by atoms with Crippen LogP contribution in [-0.4, -0.2) is 0 Å². The molecule has 0 radical (unpaired) electrons. The van der Waals surface area contributed by atoms with Crippen LogP contribution < -0.4 is 4.74 Å². The van der Waals surface area contributed by atoms with Gasteiger partial charge in [-0.15, -0.1) is 0 Å². The second kappa shape index (κ2) is 5.39. The van der Waals surface area contributed by atoms with Crippen LogP contribution in [0.4, 0.5) is 4.39 Å². The lowest BCUT2D eigenvalue weighted by molar-refractivity contribution is 0.290. The van der Waals surface area contributed by atoms with Gasteiger partial charge >= 0.3 is 0 Å². The molecule has 0 aliphatic heterocycles. The zero-order valence-corrected chi connectivity index (χ0v) is 10.3. The van der Waals surface area contributed by atoms with E-state index in [1.807, 2.05) is 30.3 Å². The molecule has 0 heterocycles. The van der Waals surface area contributed by atoms with E-state index in [4.69, 9.17) is 27.9 Å². The molecular weight excluding hydrogens is 262 g/mol. The Bertz CT molecular complexity index is 514. The Morgan fingerprint density at radius 2 is 1.59 bits per heavy atom. The van der Waals surface area contributed by atoms with E-state index < -0.39 is 5.82 Å². The first-order valence-corrected chi connectivity index (χ1v) is 5.74. The van der Waals surface area contributed by atoms with Crippen LogP contribution in [0.1, 0.15) is 5.56 Å². The zero-order valence-electron chi connectivity index (χ0n) is 8.79. The molecule has 0 fully saturated rings. The van der Waals surface area contributed by atoms with Gasteiger partial charge < -0.3 is 4.74 Å². The molecule has 0 spiro atoms. The molecule has 0 saturated heterocycles. The fraction of sp³-hybridized carbons (Fsp3) is 0.0769. The van der Waals surface area contributed by atoms with Gasteiger partial charge in [-0.25, -0.2) is 4.39 Å². The van der Waals surface area contributed by atoms with Gasteiger partial charge in [-0.3, -0.25) is 0 Å². The van der Waals surface area contributed by atoms with Crippen molar-refractivity contribution in [2.45, 2.75) is 6.61 Å². The van der Waals surface area contributed by atoms with Crippen molar-refractivity contribution >= 4 is 23.2 Å². The molecule has 0 aliphatic rings. The highest BCUT2D eigenvalue weighted by atomic mass is 35.5. The summed E-state index contributed by atoms with van der Waals surface area (Å²) in [5.41, 5.74) is 0.933. The van der Waals surface area contributed by atoms with Crippen molar-refractivity contribution in [1.82, 2.24) is 0 Å². The number of hydrogen-bond donors (Lipinski definition) is 0. The quantitative estimate of drug-likeness (QED) is 0.734. The summed E-state index contributed by atoms with van der Waals surface area (Å²) in [5.74, 6) is -0.641. The summed E-state index contributed by atoms with van der Waals surface area (Å²) in [4.78, 5) is 0. The van der Waals surface area contributed by atoms with Gasteiger partial charge in [-0.1, -0.05) is 53.5 Å². The monoisotopic (exact) mass is 270 g/mol. The van der Waals surface area contributed by atoms with Gasteiger partial charge in [0.05, 0.1) is 10.0 Å². The molecule has 0 aromatic heterocycles. The zero-order chi connectivity index (χ0) is 12.3. The maximum Gasteiger partial charge on any atom is 0.185 e. The first-order chi connectivity index (χ1) is 8.18. The number of ether oxygens (including phenoxy) is 1. The highest BCUT2D eigenvalue weighted by molar-refractivity contribution is 6.34. The highest BCUT2D eigenvalue weighted by Gasteiger charge is 2.12. The van der Waals surface area contributed by atoms with Crippen molar-refractivity contribution in [2.75, 3.05) is 0 Å². The lowest BCUT2D eigenvalue weighted by atomic mass is 10.2. The molecule has 2 aromatic rings. The first-order valence-electron chi connectivity index (χ1n) is 4.98. The molecule has 0 aliphatic carbocycles. The molecule has 2 rings (SSSR count). The molecule has 1 nitrogen and oxygen atoms in total. The minimum atomic E-state index is -0.630. The summed E-state index contributed by atoms with van der Waals surface area (Å²) in [7, 11) is 0. The van der Waals surface area contributed by atoms with Crippen LogP contribution in [0, 0.1) is 5.82 Å².